The molecule has 0 atom stereocenters. The molecule has 2 rings (SSSR count). The van der Waals surface area contributed by atoms with Crippen LogP contribution in [0.1, 0.15) is 11.1 Å². The van der Waals surface area contributed by atoms with Crippen molar-refractivity contribution in [3.8, 4) is 5.75 Å². The zero-order valence-electron chi connectivity index (χ0n) is 6.82. The lowest BCUT2D eigenvalue weighted by molar-refractivity contribution is -0.789. The number of fused-ring (bicyclic) bond motifs is 1. The number of aryl methyl sites for hydroxylation is 1. The average Bonchev–Trinajstić information content (AvgIpc) is 2.04. The second-order valence-electron chi connectivity index (χ2n) is 2.84. The van der Waals surface area contributed by atoms with E-state index in [4.69, 9.17) is 9.94 Å². The maximum Gasteiger partial charge on any atom is 0.334 e. The topological polar surface area (TPSA) is 32.5 Å². The van der Waals surface area contributed by atoms with E-state index < -0.39 is 0 Å². The summed E-state index contributed by atoms with van der Waals surface area (Å²) in [6.45, 7) is 2.19. The van der Waals surface area contributed by atoms with Gasteiger partial charge >= 0.3 is 6.73 Å². The van der Waals surface area contributed by atoms with Crippen molar-refractivity contribution >= 4 is 6.21 Å². The van der Waals surface area contributed by atoms with E-state index in [2.05, 4.69) is 0 Å². The fourth-order valence-electron chi connectivity index (χ4n) is 1.30. The van der Waals surface area contributed by atoms with Gasteiger partial charge < -0.3 is 4.74 Å². The second-order valence-corrected chi connectivity index (χ2v) is 2.84. The number of benzene rings is 1. The van der Waals surface area contributed by atoms with Crippen LogP contribution in [0, 0.1) is 6.92 Å². The summed E-state index contributed by atoms with van der Waals surface area (Å²) < 4.78 is 6.34. The molecule has 1 aliphatic rings. The first-order valence-corrected chi connectivity index (χ1v) is 3.80. The van der Waals surface area contributed by atoms with Crippen molar-refractivity contribution in [2.24, 2.45) is 0 Å². The molecular formula is C9H10NO2+. The molecule has 1 aromatic rings. The minimum Gasteiger partial charge on any atom is -0.432 e. The molecule has 1 heterocycles. The van der Waals surface area contributed by atoms with Crippen LogP contribution >= 0.6 is 0 Å². The first kappa shape index (κ1) is 7.16. The normalized spacial score (nSPS) is 14.6. The molecule has 1 aliphatic heterocycles. The number of rotatable bonds is 0. The Balaban J connectivity index is 2.57. The van der Waals surface area contributed by atoms with Crippen molar-refractivity contribution in [3.63, 3.8) is 0 Å². The van der Waals surface area contributed by atoms with Gasteiger partial charge in [-0.15, -0.1) is 0 Å². The summed E-state index contributed by atoms with van der Waals surface area (Å²) in [4.78, 5) is 0. The van der Waals surface area contributed by atoms with E-state index in [0.29, 0.717) is 0 Å². The molecular weight excluding hydrogens is 154 g/mol. The van der Waals surface area contributed by atoms with E-state index in [9.17, 15) is 0 Å². The number of nitrogens with zero attached hydrogens (tertiary/aromatic N) is 1. The van der Waals surface area contributed by atoms with Crippen molar-refractivity contribution in [1.82, 2.24) is 0 Å². The Morgan fingerprint density at radius 3 is 3.17 bits per heavy atom. The summed E-state index contributed by atoms with van der Waals surface area (Å²) in [6.07, 6.45) is 1.66. The maximum atomic E-state index is 9.10. The van der Waals surface area contributed by atoms with Gasteiger partial charge in [0.25, 0.3) is 0 Å². The molecule has 0 saturated carbocycles. The van der Waals surface area contributed by atoms with Crippen LogP contribution in [-0.2, 0) is 0 Å². The van der Waals surface area contributed by atoms with Gasteiger partial charge in [0.05, 0.1) is 5.56 Å². The van der Waals surface area contributed by atoms with Gasteiger partial charge in [-0.05, 0) is 18.6 Å². The fraction of sp³-hybridized carbons (Fsp3) is 0.222. The first-order chi connectivity index (χ1) is 5.77. The smallest absolute Gasteiger partial charge is 0.334 e. The lowest BCUT2D eigenvalue weighted by atomic mass is 10.1. The monoisotopic (exact) mass is 164 g/mol. The highest BCUT2D eigenvalue weighted by atomic mass is 16.6. The summed E-state index contributed by atoms with van der Waals surface area (Å²) in [6, 6.07) is 5.83. The predicted octanol–water partition coefficient (Wildman–Crippen LogP) is 1.17. The van der Waals surface area contributed by atoms with Gasteiger partial charge in [0.2, 0.25) is 6.21 Å². The molecule has 0 unspecified atom stereocenters. The van der Waals surface area contributed by atoms with Gasteiger partial charge in [-0.1, -0.05) is 12.1 Å². The van der Waals surface area contributed by atoms with Crippen LogP contribution in [0.2, 0.25) is 0 Å². The Morgan fingerprint density at radius 2 is 2.33 bits per heavy atom. The van der Waals surface area contributed by atoms with Gasteiger partial charge in [-0.25, -0.2) is 0 Å². The molecule has 0 spiro atoms. The number of para-hydroxylation sites is 1. The van der Waals surface area contributed by atoms with E-state index in [1.54, 1.807) is 6.21 Å². The Morgan fingerprint density at radius 1 is 1.50 bits per heavy atom. The molecule has 12 heavy (non-hydrogen) atoms. The predicted molar refractivity (Wildman–Crippen MR) is 43.9 cm³/mol. The third kappa shape index (κ3) is 1.03. The fourth-order valence-corrected chi connectivity index (χ4v) is 1.30. The van der Waals surface area contributed by atoms with Crippen molar-refractivity contribution < 1.29 is 14.7 Å². The summed E-state index contributed by atoms with van der Waals surface area (Å²) in [5.41, 5.74) is 2.01. The largest absolute Gasteiger partial charge is 0.432 e. The molecule has 0 amide bonds. The number of hydrogen-bond acceptors (Lipinski definition) is 2. The van der Waals surface area contributed by atoms with Crippen LogP contribution in [0.3, 0.4) is 0 Å². The lowest BCUT2D eigenvalue weighted by Gasteiger charge is -2.11. The molecule has 3 nitrogen and oxygen atoms in total. The molecule has 3 heteroatoms. The third-order valence-electron chi connectivity index (χ3n) is 1.87. The minimum absolute atomic E-state index is 0.206. The van der Waals surface area contributed by atoms with Crippen molar-refractivity contribution in [2.45, 2.75) is 6.92 Å². The molecule has 0 aliphatic carbocycles. The standard InChI is InChI=1S/C9H10NO2/c1-7-3-2-4-8-5-10(11)6-12-9(7)8/h2-5,11H,6H2,1H3/q+1. The van der Waals surface area contributed by atoms with Crippen LogP contribution < -0.4 is 4.74 Å². The Kier molecular flexibility index (Phi) is 1.50. The Hall–Kier alpha value is -1.51. The summed E-state index contributed by atoms with van der Waals surface area (Å²) >= 11 is 0. The van der Waals surface area contributed by atoms with Crippen molar-refractivity contribution in [3.05, 3.63) is 29.3 Å². The highest BCUT2D eigenvalue weighted by Crippen LogP contribution is 2.23. The van der Waals surface area contributed by atoms with Crippen LogP contribution in [0.4, 0.5) is 0 Å². The van der Waals surface area contributed by atoms with Crippen molar-refractivity contribution in [2.75, 3.05) is 6.73 Å². The molecule has 1 N–H and O–H groups in total. The molecule has 0 bridgehead atoms. The van der Waals surface area contributed by atoms with E-state index >= 15 is 0 Å². The Bertz CT molecular complexity index is 344. The van der Waals surface area contributed by atoms with Crippen molar-refractivity contribution in [1.29, 1.82) is 0 Å². The Labute approximate surface area is 70.5 Å². The number of ether oxygens (including phenoxy) is 1. The van der Waals surface area contributed by atoms with E-state index in [1.807, 2.05) is 25.1 Å². The number of hydrogen-bond donors (Lipinski definition) is 1. The quantitative estimate of drug-likeness (QED) is 0.461. The second kappa shape index (κ2) is 2.52. The van der Waals surface area contributed by atoms with Crippen LogP contribution in [0.25, 0.3) is 0 Å². The zero-order valence-corrected chi connectivity index (χ0v) is 6.82. The highest BCUT2D eigenvalue weighted by Gasteiger charge is 2.16. The van der Waals surface area contributed by atoms with Crippen LogP contribution in [0.5, 0.6) is 5.75 Å². The summed E-state index contributed by atoms with van der Waals surface area (Å²) in [5.74, 6) is 0.864. The molecule has 62 valence electrons. The van der Waals surface area contributed by atoms with Gasteiger partial charge in [0, 0.05) is 4.74 Å². The molecule has 0 fully saturated rings. The van der Waals surface area contributed by atoms with Crippen LogP contribution in [-0.4, -0.2) is 22.9 Å². The van der Waals surface area contributed by atoms with Crippen LogP contribution in [0.15, 0.2) is 18.2 Å². The minimum atomic E-state index is 0.206. The first-order valence-electron chi connectivity index (χ1n) is 3.80. The number of hydroxylamine groups is 1. The van der Waals surface area contributed by atoms with E-state index in [0.717, 1.165) is 21.6 Å². The van der Waals surface area contributed by atoms with E-state index in [-0.39, 0.29) is 6.73 Å². The highest BCUT2D eigenvalue weighted by molar-refractivity contribution is 5.81. The van der Waals surface area contributed by atoms with Gasteiger partial charge in [0.15, 0.2) is 0 Å². The third-order valence-corrected chi connectivity index (χ3v) is 1.87. The maximum absolute atomic E-state index is 9.10. The average molecular weight is 164 g/mol. The molecule has 1 aromatic carbocycles. The SMILES string of the molecule is Cc1cccc2c1OC[N+](O)=C2. The summed E-state index contributed by atoms with van der Waals surface area (Å²) in [5, 5.41) is 9.10. The lowest BCUT2D eigenvalue weighted by Crippen LogP contribution is -2.21. The van der Waals surface area contributed by atoms with Gasteiger partial charge in [0.1, 0.15) is 5.75 Å². The molecule has 0 radical (unpaired) electrons. The van der Waals surface area contributed by atoms with E-state index in [1.165, 1.54) is 0 Å². The zero-order chi connectivity index (χ0) is 8.55. The summed E-state index contributed by atoms with van der Waals surface area (Å²) in [7, 11) is 0. The molecule has 0 saturated heterocycles. The molecule has 0 aromatic heterocycles. The van der Waals surface area contributed by atoms with Gasteiger partial charge in [-0.3, -0.25) is 5.21 Å². The van der Waals surface area contributed by atoms with Gasteiger partial charge in [-0.2, -0.15) is 0 Å².